The Hall–Kier alpha value is -3.15. The van der Waals surface area contributed by atoms with Crippen LogP contribution in [0.2, 0.25) is 0 Å². The Morgan fingerprint density at radius 3 is 2.19 bits per heavy atom. The second-order valence-electron chi connectivity index (χ2n) is 9.77. The molecule has 1 heterocycles. The molecule has 1 aliphatic heterocycles. The summed E-state index contributed by atoms with van der Waals surface area (Å²) < 4.78 is 0. The van der Waals surface area contributed by atoms with Crippen LogP contribution in [0.5, 0.6) is 5.75 Å². The van der Waals surface area contributed by atoms with Crippen LogP contribution in [-0.2, 0) is 6.54 Å². The topological polar surface area (TPSA) is 47.0 Å². The van der Waals surface area contributed by atoms with Gasteiger partial charge in [0, 0.05) is 50.9 Å². The van der Waals surface area contributed by atoms with Crippen LogP contribution in [0.15, 0.2) is 78.9 Å². The number of carbonyl (C=O) groups excluding carboxylic acids is 1. The highest BCUT2D eigenvalue weighted by Crippen LogP contribution is 2.32. The van der Waals surface area contributed by atoms with Gasteiger partial charge in [0.1, 0.15) is 5.75 Å². The van der Waals surface area contributed by atoms with Gasteiger partial charge in [-0.1, -0.05) is 61.5 Å². The molecule has 3 aromatic rings. The van der Waals surface area contributed by atoms with Gasteiger partial charge >= 0.3 is 0 Å². The molecule has 1 saturated heterocycles. The van der Waals surface area contributed by atoms with Crippen LogP contribution in [0.1, 0.15) is 60.3 Å². The predicted molar refractivity (Wildman–Crippen MR) is 146 cm³/mol. The highest BCUT2D eigenvalue weighted by atomic mass is 16.3. The lowest BCUT2D eigenvalue weighted by atomic mass is 9.95. The molecule has 1 N–H and O–H groups in total. The Labute approximate surface area is 216 Å². The van der Waals surface area contributed by atoms with E-state index in [9.17, 15) is 9.90 Å². The van der Waals surface area contributed by atoms with Gasteiger partial charge in [0.05, 0.1) is 6.04 Å². The molecule has 1 fully saturated rings. The zero-order valence-electron chi connectivity index (χ0n) is 21.8. The molecule has 2 atom stereocenters. The molecule has 0 bridgehead atoms. The number of nitrogens with zero attached hydrogens (tertiary/aromatic N) is 3. The Morgan fingerprint density at radius 1 is 0.889 bits per heavy atom. The quantitative estimate of drug-likeness (QED) is 0.431. The normalized spacial score (nSPS) is 16.4. The number of hydrogen-bond acceptors (Lipinski definition) is 4. The molecule has 190 valence electrons. The standard InChI is InChI=1S/C31H39N3O2/c1-4-24(3)34(5-2)31(36)27-16-14-26(15-17-27)30(28-12-9-13-29(35)22-28)33-20-18-32(19-21-33)23-25-10-7-6-8-11-25/h6-17,22,24,30,35H,4-5,18-21,23H2,1-3H3. The Bertz CT molecular complexity index is 1110. The van der Waals surface area contributed by atoms with Crippen molar-refractivity contribution < 1.29 is 9.90 Å². The molecule has 1 aliphatic rings. The van der Waals surface area contributed by atoms with E-state index in [4.69, 9.17) is 0 Å². The fourth-order valence-corrected chi connectivity index (χ4v) is 5.18. The van der Waals surface area contributed by atoms with Crippen molar-refractivity contribution in [3.05, 3.63) is 101 Å². The number of amides is 1. The average Bonchev–Trinajstić information content (AvgIpc) is 2.91. The number of carbonyl (C=O) groups is 1. The Kier molecular flexibility index (Phi) is 8.79. The molecule has 36 heavy (non-hydrogen) atoms. The summed E-state index contributed by atoms with van der Waals surface area (Å²) in [6, 6.07) is 26.5. The minimum absolute atomic E-state index is 0.0250. The van der Waals surface area contributed by atoms with Crippen molar-refractivity contribution in [3.63, 3.8) is 0 Å². The minimum atomic E-state index is 0.0250. The highest BCUT2D eigenvalue weighted by molar-refractivity contribution is 5.94. The Balaban J connectivity index is 1.53. The second-order valence-corrected chi connectivity index (χ2v) is 9.77. The average molecular weight is 486 g/mol. The summed E-state index contributed by atoms with van der Waals surface area (Å²) in [5, 5.41) is 10.2. The largest absolute Gasteiger partial charge is 0.508 e. The number of hydrogen-bond donors (Lipinski definition) is 1. The molecule has 1 amide bonds. The van der Waals surface area contributed by atoms with Crippen LogP contribution in [0.4, 0.5) is 0 Å². The summed E-state index contributed by atoms with van der Waals surface area (Å²) in [7, 11) is 0. The zero-order valence-corrected chi connectivity index (χ0v) is 21.8. The van der Waals surface area contributed by atoms with Crippen molar-refractivity contribution in [2.45, 2.75) is 45.8 Å². The summed E-state index contributed by atoms with van der Waals surface area (Å²) in [4.78, 5) is 20.1. The van der Waals surface area contributed by atoms with Crippen LogP contribution < -0.4 is 0 Å². The van der Waals surface area contributed by atoms with Crippen molar-refractivity contribution >= 4 is 5.91 Å². The van der Waals surface area contributed by atoms with Crippen LogP contribution in [0, 0.1) is 0 Å². The maximum Gasteiger partial charge on any atom is 0.254 e. The van der Waals surface area contributed by atoms with Gasteiger partial charge in [0.25, 0.3) is 5.91 Å². The van der Waals surface area contributed by atoms with Gasteiger partial charge in [0.15, 0.2) is 0 Å². The van der Waals surface area contributed by atoms with E-state index in [1.165, 1.54) is 5.56 Å². The second kappa shape index (κ2) is 12.2. The van der Waals surface area contributed by atoms with Crippen molar-refractivity contribution in [2.24, 2.45) is 0 Å². The van der Waals surface area contributed by atoms with E-state index in [0.717, 1.165) is 55.8 Å². The van der Waals surface area contributed by atoms with E-state index >= 15 is 0 Å². The third-order valence-electron chi connectivity index (χ3n) is 7.40. The molecule has 0 radical (unpaired) electrons. The van der Waals surface area contributed by atoms with Crippen LogP contribution in [0.3, 0.4) is 0 Å². The van der Waals surface area contributed by atoms with E-state index in [0.29, 0.717) is 6.54 Å². The number of phenolic OH excluding ortho intramolecular Hbond substituents is 1. The van der Waals surface area contributed by atoms with Crippen LogP contribution >= 0.6 is 0 Å². The molecule has 0 spiro atoms. The highest BCUT2D eigenvalue weighted by Gasteiger charge is 2.27. The molecule has 3 aromatic carbocycles. The van der Waals surface area contributed by atoms with E-state index in [1.807, 2.05) is 36.1 Å². The minimum Gasteiger partial charge on any atom is -0.508 e. The lowest BCUT2D eigenvalue weighted by molar-refractivity contribution is 0.0700. The zero-order chi connectivity index (χ0) is 25.5. The van der Waals surface area contributed by atoms with Gasteiger partial charge in [-0.3, -0.25) is 14.6 Å². The fraction of sp³-hybridized carbons (Fsp3) is 0.387. The van der Waals surface area contributed by atoms with Gasteiger partial charge in [0.2, 0.25) is 0 Å². The van der Waals surface area contributed by atoms with E-state index in [1.54, 1.807) is 6.07 Å². The van der Waals surface area contributed by atoms with Crippen molar-refractivity contribution in [1.82, 2.24) is 14.7 Å². The maximum atomic E-state index is 13.1. The summed E-state index contributed by atoms with van der Waals surface area (Å²) in [6.45, 7) is 11.8. The van der Waals surface area contributed by atoms with Gasteiger partial charge < -0.3 is 10.0 Å². The monoisotopic (exact) mass is 485 g/mol. The van der Waals surface area contributed by atoms with Crippen LogP contribution in [-0.4, -0.2) is 64.5 Å². The van der Waals surface area contributed by atoms with Gasteiger partial charge in [-0.15, -0.1) is 0 Å². The first-order chi connectivity index (χ1) is 17.5. The summed E-state index contributed by atoms with van der Waals surface area (Å²) in [5.74, 6) is 0.362. The molecular formula is C31H39N3O2. The summed E-state index contributed by atoms with van der Waals surface area (Å²) >= 11 is 0. The molecule has 4 rings (SSSR count). The fourth-order valence-electron chi connectivity index (χ4n) is 5.18. The van der Waals surface area contributed by atoms with E-state index in [2.05, 4.69) is 72.2 Å². The molecule has 5 heteroatoms. The first-order valence-electron chi connectivity index (χ1n) is 13.2. The van der Waals surface area contributed by atoms with Crippen molar-refractivity contribution in [3.8, 4) is 5.75 Å². The summed E-state index contributed by atoms with van der Waals surface area (Å²) in [6.07, 6.45) is 0.938. The first kappa shape index (κ1) is 25.9. The molecule has 0 aromatic heterocycles. The third-order valence-corrected chi connectivity index (χ3v) is 7.40. The lowest BCUT2D eigenvalue weighted by Crippen LogP contribution is -2.47. The van der Waals surface area contributed by atoms with Crippen molar-refractivity contribution in [1.29, 1.82) is 0 Å². The molecular weight excluding hydrogens is 446 g/mol. The van der Waals surface area contributed by atoms with Gasteiger partial charge in [-0.25, -0.2) is 0 Å². The lowest BCUT2D eigenvalue weighted by Gasteiger charge is -2.40. The number of piperazine rings is 1. The van der Waals surface area contributed by atoms with Gasteiger partial charge in [-0.2, -0.15) is 0 Å². The molecule has 0 saturated carbocycles. The molecule has 0 aliphatic carbocycles. The van der Waals surface area contributed by atoms with Crippen LogP contribution in [0.25, 0.3) is 0 Å². The molecule has 2 unspecified atom stereocenters. The third kappa shape index (κ3) is 6.15. The Morgan fingerprint density at radius 2 is 1.58 bits per heavy atom. The number of benzene rings is 3. The number of rotatable bonds is 9. The SMILES string of the molecule is CCC(C)N(CC)C(=O)c1ccc(C(c2cccc(O)c2)N2CCN(Cc3ccccc3)CC2)cc1. The first-order valence-corrected chi connectivity index (χ1v) is 13.2. The smallest absolute Gasteiger partial charge is 0.254 e. The maximum absolute atomic E-state index is 13.1. The number of aromatic hydroxyl groups is 1. The van der Waals surface area contributed by atoms with Gasteiger partial charge in [-0.05, 0) is 61.2 Å². The predicted octanol–water partition coefficient (Wildman–Crippen LogP) is 5.56. The van der Waals surface area contributed by atoms with E-state index < -0.39 is 0 Å². The molecule has 5 nitrogen and oxygen atoms in total. The summed E-state index contributed by atoms with van der Waals surface area (Å²) in [5.41, 5.74) is 4.28. The number of phenols is 1. The van der Waals surface area contributed by atoms with Crippen molar-refractivity contribution in [2.75, 3.05) is 32.7 Å². The van der Waals surface area contributed by atoms with E-state index in [-0.39, 0.29) is 23.7 Å².